The van der Waals surface area contributed by atoms with Gasteiger partial charge in [-0.15, -0.1) is 0 Å². The summed E-state index contributed by atoms with van der Waals surface area (Å²) in [5, 5.41) is 0. The fourth-order valence-corrected chi connectivity index (χ4v) is 3.45. The maximum Gasteiger partial charge on any atom is 0.337 e. The molecule has 0 radical (unpaired) electrons. The van der Waals surface area contributed by atoms with Gasteiger partial charge in [-0.05, 0) is 60.4 Å². The summed E-state index contributed by atoms with van der Waals surface area (Å²) in [6.45, 7) is 9.18. The fraction of sp³-hybridized carbons (Fsp3) is 0.450. The van der Waals surface area contributed by atoms with Crippen molar-refractivity contribution < 1.29 is 9.53 Å². The predicted octanol–water partition coefficient (Wildman–Crippen LogP) is 5.40. The molecule has 22 heavy (non-hydrogen) atoms. The molecular formula is C20H26O2. The van der Waals surface area contributed by atoms with Crippen molar-refractivity contribution in [3.63, 3.8) is 0 Å². The van der Waals surface area contributed by atoms with Crippen LogP contribution in [0.1, 0.15) is 62.9 Å². The molecule has 2 heteroatoms. The van der Waals surface area contributed by atoms with Gasteiger partial charge in [0.1, 0.15) is 0 Å². The first-order valence-corrected chi connectivity index (χ1v) is 7.98. The van der Waals surface area contributed by atoms with Crippen LogP contribution in [-0.4, -0.2) is 13.1 Å². The molecule has 1 aromatic carbocycles. The Hall–Kier alpha value is -1.83. The van der Waals surface area contributed by atoms with Gasteiger partial charge < -0.3 is 4.74 Å². The molecule has 0 bridgehead atoms. The summed E-state index contributed by atoms with van der Waals surface area (Å²) in [4.78, 5) is 11.5. The lowest BCUT2D eigenvalue weighted by molar-refractivity contribution is 0.0600. The van der Waals surface area contributed by atoms with Crippen LogP contribution >= 0.6 is 0 Å². The quantitative estimate of drug-likeness (QED) is 0.698. The summed E-state index contributed by atoms with van der Waals surface area (Å²) >= 11 is 0. The van der Waals surface area contributed by atoms with E-state index in [0.717, 1.165) is 18.4 Å². The van der Waals surface area contributed by atoms with Gasteiger partial charge in [-0.3, -0.25) is 0 Å². The first-order valence-electron chi connectivity index (χ1n) is 7.98. The highest BCUT2D eigenvalue weighted by Gasteiger charge is 2.29. The monoisotopic (exact) mass is 298 g/mol. The van der Waals surface area contributed by atoms with Gasteiger partial charge in [0.2, 0.25) is 0 Å². The van der Waals surface area contributed by atoms with Gasteiger partial charge in [0.25, 0.3) is 0 Å². The summed E-state index contributed by atoms with van der Waals surface area (Å²) in [7, 11) is 1.41. The van der Waals surface area contributed by atoms with Gasteiger partial charge in [-0.25, -0.2) is 4.79 Å². The Balaban J connectivity index is 2.32. The molecule has 0 aliphatic heterocycles. The van der Waals surface area contributed by atoms with Crippen LogP contribution in [0.5, 0.6) is 0 Å². The largest absolute Gasteiger partial charge is 0.465 e. The molecule has 0 N–H and O–H groups in total. The Bertz CT molecular complexity index is 616. The minimum Gasteiger partial charge on any atom is -0.465 e. The molecule has 1 aliphatic carbocycles. The lowest BCUT2D eigenvalue weighted by Gasteiger charge is -2.35. The minimum atomic E-state index is -0.289. The van der Waals surface area contributed by atoms with Crippen molar-refractivity contribution in [2.24, 2.45) is 5.41 Å². The zero-order valence-electron chi connectivity index (χ0n) is 14.3. The standard InChI is InChI=1S/C20H26O2/c1-6-18-14(2)17(11-12-20(18,3)4)13-15-7-9-16(10-8-15)19(21)22-5/h7-10,13H,6,11-12H2,1-5H3/b17-13+. The SMILES string of the molecule is CCC1=C(C)/C(=C/c2ccc(C(=O)OC)cc2)CCC1(C)C. The van der Waals surface area contributed by atoms with Crippen molar-refractivity contribution >= 4 is 12.0 Å². The van der Waals surface area contributed by atoms with E-state index in [4.69, 9.17) is 4.74 Å². The number of allylic oxidation sites excluding steroid dienone is 3. The molecule has 0 saturated carbocycles. The molecule has 0 saturated heterocycles. The van der Waals surface area contributed by atoms with E-state index in [9.17, 15) is 4.79 Å². The van der Waals surface area contributed by atoms with Crippen molar-refractivity contribution in [2.75, 3.05) is 7.11 Å². The van der Waals surface area contributed by atoms with E-state index < -0.39 is 0 Å². The van der Waals surface area contributed by atoms with Gasteiger partial charge in [0.15, 0.2) is 0 Å². The topological polar surface area (TPSA) is 26.3 Å². The van der Waals surface area contributed by atoms with Crippen molar-refractivity contribution in [1.29, 1.82) is 0 Å². The summed E-state index contributed by atoms with van der Waals surface area (Å²) in [5.74, 6) is -0.289. The van der Waals surface area contributed by atoms with E-state index in [1.165, 1.54) is 24.7 Å². The van der Waals surface area contributed by atoms with Crippen molar-refractivity contribution in [3.8, 4) is 0 Å². The van der Waals surface area contributed by atoms with Crippen LogP contribution in [0.2, 0.25) is 0 Å². The molecule has 118 valence electrons. The summed E-state index contributed by atoms with van der Waals surface area (Å²) in [6, 6.07) is 7.62. The minimum absolute atomic E-state index is 0.289. The lowest BCUT2D eigenvalue weighted by Crippen LogP contribution is -2.21. The van der Waals surface area contributed by atoms with Crippen LogP contribution in [0.15, 0.2) is 41.0 Å². The van der Waals surface area contributed by atoms with Gasteiger partial charge in [0, 0.05) is 0 Å². The lowest BCUT2D eigenvalue weighted by atomic mass is 9.70. The average Bonchev–Trinajstić information content (AvgIpc) is 2.50. The molecule has 0 aromatic heterocycles. The van der Waals surface area contributed by atoms with E-state index in [0.29, 0.717) is 11.0 Å². The summed E-state index contributed by atoms with van der Waals surface area (Å²) < 4.78 is 4.73. The van der Waals surface area contributed by atoms with E-state index >= 15 is 0 Å². The molecular weight excluding hydrogens is 272 g/mol. The van der Waals surface area contributed by atoms with Gasteiger partial charge in [-0.1, -0.05) is 44.6 Å². The number of esters is 1. The third kappa shape index (κ3) is 3.32. The smallest absolute Gasteiger partial charge is 0.337 e. The number of carbonyl (C=O) groups excluding carboxylic acids is 1. The van der Waals surface area contributed by atoms with Crippen molar-refractivity contribution in [3.05, 3.63) is 52.1 Å². The van der Waals surface area contributed by atoms with E-state index in [2.05, 4.69) is 33.8 Å². The normalized spacial score (nSPS) is 19.4. The molecule has 0 unspecified atom stereocenters. The summed E-state index contributed by atoms with van der Waals surface area (Å²) in [6.07, 6.45) is 5.67. The molecule has 2 rings (SSSR count). The number of methoxy groups -OCH3 is 1. The Morgan fingerprint density at radius 3 is 2.45 bits per heavy atom. The van der Waals surface area contributed by atoms with Crippen LogP contribution in [0, 0.1) is 5.41 Å². The van der Waals surface area contributed by atoms with E-state index in [1.807, 2.05) is 24.3 Å². The van der Waals surface area contributed by atoms with Crippen LogP contribution < -0.4 is 0 Å². The Morgan fingerprint density at radius 2 is 1.91 bits per heavy atom. The summed E-state index contributed by atoms with van der Waals surface area (Å²) in [5.41, 5.74) is 6.47. The second-order valence-corrected chi connectivity index (χ2v) is 6.62. The van der Waals surface area contributed by atoms with Crippen LogP contribution in [0.3, 0.4) is 0 Å². The third-order valence-corrected chi connectivity index (χ3v) is 4.80. The van der Waals surface area contributed by atoms with E-state index in [-0.39, 0.29) is 5.97 Å². The molecule has 0 fully saturated rings. The molecule has 2 nitrogen and oxygen atoms in total. The van der Waals surface area contributed by atoms with Gasteiger partial charge in [-0.2, -0.15) is 0 Å². The highest BCUT2D eigenvalue weighted by Crippen LogP contribution is 2.44. The van der Waals surface area contributed by atoms with Crippen LogP contribution in [-0.2, 0) is 4.74 Å². The Morgan fingerprint density at radius 1 is 1.27 bits per heavy atom. The average molecular weight is 298 g/mol. The molecule has 0 atom stereocenters. The zero-order valence-corrected chi connectivity index (χ0v) is 14.3. The van der Waals surface area contributed by atoms with Crippen molar-refractivity contribution in [1.82, 2.24) is 0 Å². The van der Waals surface area contributed by atoms with Crippen molar-refractivity contribution in [2.45, 2.75) is 47.0 Å². The highest BCUT2D eigenvalue weighted by atomic mass is 16.5. The van der Waals surface area contributed by atoms with Gasteiger partial charge >= 0.3 is 5.97 Å². The first-order chi connectivity index (χ1) is 10.4. The number of hydrogen-bond donors (Lipinski definition) is 0. The molecule has 1 aromatic rings. The maximum absolute atomic E-state index is 11.5. The highest BCUT2D eigenvalue weighted by molar-refractivity contribution is 5.89. The number of hydrogen-bond acceptors (Lipinski definition) is 2. The van der Waals surface area contributed by atoms with Crippen LogP contribution in [0.25, 0.3) is 6.08 Å². The molecule has 0 spiro atoms. The fourth-order valence-electron chi connectivity index (χ4n) is 3.45. The molecule has 1 aliphatic rings. The third-order valence-electron chi connectivity index (χ3n) is 4.80. The second-order valence-electron chi connectivity index (χ2n) is 6.62. The Labute approximate surface area is 133 Å². The molecule has 0 heterocycles. The number of benzene rings is 1. The number of ether oxygens (including phenoxy) is 1. The Kier molecular flexibility index (Phi) is 4.90. The molecule has 0 amide bonds. The van der Waals surface area contributed by atoms with E-state index in [1.54, 1.807) is 5.57 Å². The van der Waals surface area contributed by atoms with Gasteiger partial charge in [0.05, 0.1) is 12.7 Å². The zero-order chi connectivity index (χ0) is 16.3. The predicted molar refractivity (Wildman–Crippen MR) is 91.8 cm³/mol. The van der Waals surface area contributed by atoms with Crippen LogP contribution in [0.4, 0.5) is 0 Å². The maximum atomic E-state index is 11.5. The number of rotatable bonds is 3. The second kappa shape index (κ2) is 6.51. The first kappa shape index (κ1) is 16.5. The number of carbonyl (C=O) groups is 1.